The zero-order chi connectivity index (χ0) is 20.3. The molecular weight excluding hydrogens is 379 g/mol. The molecule has 1 atom stereocenters. The topological polar surface area (TPSA) is 82.8 Å². The van der Waals surface area contributed by atoms with E-state index in [0.29, 0.717) is 27.6 Å². The number of amides is 1. The maximum atomic E-state index is 13.8. The number of nitrogens with zero attached hydrogens (tertiary/aromatic N) is 1. The highest BCUT2D eigenvalue weighted by molar-refractivity contribution is 7.71. The minimum absolute atomic E-state index is 0.0506. The quantitative estimate of drug-likeness (QED) is 0.508. The summed E-state index contributed by atoms with van der Waals surface area (Å²) in [5.41, 5.74) is 1.96. The minimum Gasteiger partial charge on any atom is -0.475 e. The molecule has 0 spiro atoms. The molecule has 0 saturated carbocycles. The van der Waals surface area contributed by atoms with Gasteiger partial charge in [-0.2, -0.15) is 0 Å². The van der Waals surface area contributed by atoms with Gasteiger partial charge in [0.25, 0.3) is 5.91 Å². The van der Waals surface area contributed by atoms with Gasteiger partial charge in [0.1, 0.15) is 5.82 Å². The highest BCUT2D eigenvalue weighted by Crippen LogP contribution is 2.19. The number of nitrogens with one attached hydrogen (secondary N) is 3. The smallest absolute Gasteiger partial charge is 0.253 e. The molecule has 0 aliphatic carbocycles. The number of halogens is 1. The van der Waals surface area contributed by atoms with Gasteiger partial charge in [-0.3, -0.25) is 4.79 Å². The van der Waals surface area contributed by atoms with E-state index in [0.717, 1.165) is 12.0 Å². The number of rotatable bonds is 7. The Morgan fingerprint density at radius 2 is 2.07 bits per heavy atom. The fourth-order valence-electron chi connectivity index (χ4n) is 3.11. The Morgan fingerprint density at radius 1 is 1.29 bits per heavy atom. The molecule has 0 aliphatic rings. The van der Waals surface area contributed by atoms with Crippen LogP contribution in [0.1, 0.15) is 43.1 Å². The summed E-state index contributed by atoms with van der Waals surface area (Å²) in [6.45, 7) is 6.55. The van der Waals surface area contributed by atoms with E-state index in [1.807, 2.05) is 6.92 Å². The predicted molar refractivity (Wildman–Crippen MR) is 108 cm³/mol. The largest absolute Gasteiger partial charge is 0.475 e. The molecule has 3 aromatic rings. The molecule has 0 radical (unpaired) electrons. The third-order valence-corrected chi connectivity index (χ3v) is 4.42. The number of aromatic amines is 2. The van der Waals surface area contributed by atoms with Crippen molar-refractivity contribution in [1.29, 1.82) is 0 Å². The maximum absolute atomic E-state index is 13.8. The van der Waals surface area contributed by atoms with E-state index in [2.05, 4.69) is 34.1 Å². The van der Waals surface area contributed by atoms with E-state index in [9.17, 15) is 9.18 Å². The van der Waals surface area contributed by atoms with Crippen LogP contribution in [0.25, 0.3) is 11.0 Å². The Bertz CT molecular complexity index is 1040. The molecule has 0 fully saturated rings. The summed E-state index contributed by atoms with van der Waals surface area (Å²) >= 11 is 5.03. The predicted octanol–water partition coefficient (Wildman–Crippen LogP) is 4.50. The summed E-state index contributed by atoms with van der Waals surface area (Å²) in [6, 6.07) is 6.07. The second kappa shape index (κ2) is 8.52. The second-order valence-corrected chi connectivity index (χ2v) is 7.61. The molecule has 3 N–H and O–H groups in total. The molecule has 148 valence electrons. The van der Waals surface area contributed by atoms with Crippen LogP contribution >= 0.6 is 12.2 Å². The van der Waals surface area contributed by atoms with Gasteiger partial charge < -0.3 is 20.0 Å². The van der Waals surface area contributed by atoms with Crippen molar-refractivity contribution in [1.82, 2.24) is 20.3 Å². The zero-order valence-corrected chi connectivity index (χ0v) is 16.8. The molecule has 1 aromatic carbocycles. The monoisotopic (exact) mass is 402 g/mol. The number of imidazole rings is 1. The van der Waals surface area contributed by atoms with Gasteiger partial charge in [0.15, 0.2) is 4.77 Å². The lowest BCUT2D eigenvalue weighted by molar-refractivity contribution is 0.0951. The Kier molecular flexibility index (Phi) is 6.08. The van der Waals surface area contributed by atoms with E-state index in [-0.39, 0.29) is 18.2 Å². The van der Waals surface area contributed by atoms with Crippen molar-refractivity contribution < 1.29 is 13.9 Å². The third-order valence-electron chi connectivity index (χ3n) is 4.21. The average molecular weight is 402 g/mol. The van der Waals surface area contributed by atoms with Crippen LogP contribution in [0.15, 0.2) is 30.5 Å². The Morgan fingerprint density at radius 3 is 2.82 bits per heavy atom. The van der Waals surface area contributed by atoms with E-state index in [1.54, 1.807) is 18.3 Å². The molecule has 2 aromatic heterocycles. The summed E-state index contributed by atoms with van der Waals surface area (Å²) in [5, 5.41) is 2.80. The van der Waals surface area contributed by atoms with Crippen LogP contribution in [0.2, 0.25) is 0 Å². The van der Waals surface area contributed by atoms with E-state index < -0.39 is 11.7 Å². The third kappa shape index (κ3) is 4.95. The highest BCUT2D eigenvalue weighted by atomic mass is 32.1. The van der Waals surface area contributed by atoms with Crippen molar-refractivity contribution in [3.05, 3.63) is 52.2 Å². The summed E-state index contributed by atoms with van der Waals surface area (Å²) in [7, 11) is 0. The molecule has 1 unspecified atom stereocenters. The number of carbonyl (C=O) groups is 1. The zero-order valence-electron chi connectivity index (χ0n) is 16.0. The normalized spacial score (nSPS) is 12.3. The number of benzene rings is 1. The summed E-state index contributed by atoms with van der Waals surface area (Å²) in [4.78, 5) is 22.5. The average Bonchev–Trinajstić information content (AvgIpc) is 2.98. The number of hydrogen-bond acceptors (Lipinski definition) is 4. The molecule has 6 nitrogen and oxygen atoms in total. The first-order valence-corrected chi connectivity index (χ1v) is 9.54. The molecule has 2 heterocycles. The van der Waals surface area contributed by atoms with Gasteiger partial charge in [0, 0.05) is 18.8 Å². The van der Waals surface area contributed by atoms with Gasteiger partial charge in [-0.1, -0.05) is 13.8 Å². The fraction of sp³-hybridized carbons (Fsp3) is 0.350. The summed E-state index contributed by atoms with van der Waals surface area (Å²) in [5.74, 6) is 0.132. The standard InChI is InChI=1S/C20H23FN4O2S/c1-11(2)6-12(3)27-17-7-13(4-5-22-17)10-23-19(26)15-8-14(21)9-16-18(15)25-20(28)24-16/h4-5,7-9,11-12H,6,10H2,1-3H3,(H,23,26)(H2,24,25,28). The summed E-state index contributed by atoms with van der Waals surface area (Å²) < 4.78 is 20.0. The number of carbonyl (C=O) groups excluding carboxylic acids is 1. The van der Waals surface area contributed by atoms with E-state index >= 15 is 0 Å². The van der Waals surface area contributed by atoms with Crippen molar-refractivity contribution in [2.45, 2.75) is 39.8 Å². The van der Waals surface area contributed by atoms with Gasteiger partial charge in [0.05, 0.1) is 22.7 Å². The van der Waals surface area contributed by atoms with Crippen molar-refractivity contribution in [2.75, 3.05) is 0 Å². The van der Waals surface area contributed by atoms with Crippen molar-refractivity contribution in [3.63, 3.8) is 0 Å². The van der Waals surface area contributed by atoms with Crippen LogP contribution in [0.3, 0.4) is 0 Å². The first-order valence-electron chi connectivity index (χ1n) is 9.13. The lowest BCUT2D eigenvalue weighted by Gasteiger charge is -2.16. The number of pyridine rings is 1. The van der Waals surface area contributed by atoms with Crippen LogP contribution in [0.5, 0.6) is 5.88 Å². The minimum atomic E-state index is -0.512. The van der Waals surface area contributed by atoms with Gasteiger partial charge in [-0.25, -0.2) is 9.37 Å². The molecule has 28 heavy (non-hydrogen) atoms. The number of aromatic nitrogens is 3. The second-order valence-electron chi connectivity index (χ2n) is 7.20. The van der Waals surface area contributed by atoms with E-state index in [1.165, 1.54) is 12.1 Å². The maximum Gasteiger partial charge on any atom is 0.253 e. The van der Waals surface area contributed by atoms with Crippen LogP contribution in [-0.2, 0) is 6.54 Å². The van der Waals surface area contributed by atoms with Crippen LogP contribution in [0, 0.1) is 16.5 Å². The van der Waals surface area contributed by atoms with Gasteiger partial charge in [-0.05, 0) is 55.2 Å². The lowest BCUT2D eigenvalue weighted by atomic mass is 10.1. The van der Waals surface area contributed by atoms with Crippen LogP contribution in [-0.4, -0.2) is 27.0 Å². The fourth-order valence-corrected chi connectivity index (χ4v) is 3.32. The molecule has 1 amide bonds. The molecular formula is C20H23FN4O2S. The molecule has 0 aliphatic heterocycles. The van der Waals surface area contributed by atoms with Crippen molar-refractivity contribution in [3.8, 4) is 5.88 Å². The number of fused-ring (bicyclic) bond motifs is 1. The van der Waals surface area contributed by atoms with Crippen LogP contribution < -0.4 is 10.1 Å². The molecule has 0 saturated heterocycles. The Hall–Kier alpha value is -2.74. The number of hydrogen-bond donors (Lipinski definition) is 3. The molecule has 8 heteroatoms. The first kappa shape index (κ1) is 20.0. The van der Waals surface area contributed by atoms with Gasteiger partial charge >= 0.3 is 0 Å². The van der Waals surface area contributed by atoms with Gasteiger partial charge in [-0.15, -0.1) is 0 Å². The Labute approximate surface area is 167 Å². The number of ether oxygens (including phenoxy) is 1. The molecule has 0 bridgehead atoms. The number of H-pyrrole nitrogens is 2. The highest BCUT2D eigenvalue weighted by Gasteiger charge is 2.14. The van der Waals surface area contributed by atoms with Crippen molar-refractivity contribution >= 4 is 29.2 Å². The van der Waals surface area contributed by atoms with Gasteiger partial charge in [0.2, 0.25) is 5.88 Å². The summed E-state index contributed by atoms with van der Waals surface area (Å²) in [6.07, 6.45) is 2.62. The lowest BCUT2D eigenvalue weighted by Crippen LogP contribution is -2.23. The van der Waals surface area contributed by atoms with Crippen LogP contribution in [0.4, 0.5) is 4.39 Å². The van der Waals surface area contributed by atoms with E-state index in [4.69, 9.17) is 17.0 Å². The van der Waals surface area contributed by atoms with Crippen molar-refractivity contribution in [2.24, 2.45) is 5.92 Å². The SMILES string of the molecule is CC(C)CC(C)Oc1cc(CNC(=O)c2cc(F)cc3[nH]c(=S)[nH]c23)ccn1. The Balaban J connectivity index is 1.70. The first-order chi connectivity index (χ1) is 13.3. The molecule has 3 rings (SSSR count).